The molecule has 3 N–H and O–H groups in total. The molecule has 0 saturated heterocycles. The molecule has 1 fully saturated rings. The molecule has 3 aromatic rings. The normalized spacial score (nSPS) is 16.2. The smallest absolute Gasteiger partial charge is 0.407 e. The molecule has 2 unspecified atom stereocenters. The molecule has 2 amide bonds. The molecule has 0 aromatic heterocycles. The summed E-state index contributed by atoms with van der Waals surface area (Å²) >= 11 is 0. The number of carboxylic acid groups (broad SMARTS) is 1. The van der Waals surface area contributed by atoms with Crippen LogP contribution in [-0.4, -0.2) is 47.9 Å². The molecular weight excluding hydrogens is 508 g/mol. The van der Waals surface area contributed by atoms with E-state index >= 15 is 0 Å². The predicted octanol–water partition coefficient (Wildman–Crippen LogP) is 4.87. The largest absolute Gasteiger partial charge is 0.480 e. The highest BCUT2D eigenvalue weighted by Crippen LogP contribution is 2.44. The van der Waals surface area contributed by atoms with Crippen LogP contribution in [0.25, 0.3) is 11.1 Å². The van der Waals surface area contributed by atoms with Gasteiger partial charge in [-0.1, -0.05) is 91.7 Å². The van der Waals surface area contributed by atoms with Gasteiger partial charge in [0.15, 0.2) is 0 Å². The molecule has 2 aliphatic carbocycles. The number of amides is 2. The second-order valence-corrected chi connectivity index (χ2v) is 10.5. The Morgan fingerprint density at radius 1 is 0.875 bits per heavy atom. The quantitative estimate of drug-likeness (QED) is 0.301. The molecule has 40 heavy (non-hydrogen) atoms. The first kappa shape index (κ1) is 27.4. The molecule has 8 heteroatoms. The maximum absolute atomic E-state index is 13.3. The minimum Gasteiger partial charge on any atom is -0.480 e. The number of ether oxygens (including phenoxy) is 2. The Morgan fingerprint density at radius 3 is 2.08 bits per heavy atom. The van der Waals surface area contributed by atoms with Gasteiger partial charge in [-0.05, 0) is 47.1 Å². The van der Waals surface area contributed by atoms with Gasteiger partial charge in [-0.2, -0.15) is 0 Å². The zero-order valence-electron chi connectivity index (χ0n) is 22.4. The van der Waals surface area contributed by atoms with Gasteiger partial charge in [0, 0.05) is 5.92 Å². The lowest BCUT2D eigenvalue weighted by atomic mass is 9.98. The fraction of sp³-hybridized carbons (Fsp3) is 0.344. The number of aliphatic carboxylic acids is 1. The Labute approximate surface area is 233 Å². The first-order valence-corrected chi connectivity index (χ1v) is 13.7. The van der Waals surface area contributed by atoms with E-state index in [0.717, 1.165) is 40.7 Å². The summed E-state index contributed by atoms with van der Waals surface area (Å²) in [6.45, 7) is 1.99. The summed E-state index contributed by atoms with van der Waals surface area (Å²) in [5, 5.41) is 14.9. The van der Waals surface area contributed by atoms with E-state index in [2.05, 4.69) is 22.8 Å². The molecule has 0 aliphatic heterocycles. The van der Waals surface area contributed by atoms with Gasteiger partial charge in [0.25, 0.3) is 0 Å². The highest BCUT2D eigenvalue weighted by Gasteiger charge is 2.35. The SMILES string of the molecule is CC(OCc1ccccc1)C(NC(=O)OCC1c2ccccc2-c2ccccc21)C(=O)N[C@@H](CC1CC1)C(=O)O. The van der Waals surface area contributed by atoms with Crippen molar-refractivity contribution in [3.63, 3.8) is 0 Å². The number of benzene rings is 3. The third-order valence-electron chi connectivity index (χ3n) is 7.61. The van der Waals surface area contributed by atoms with Gasteiger partial charge in [-0.15, -0.1) is 0 Å². The Bertz CT molecular complexity index is 1310. The number of carbonyl (C=O) groups is 3. The third kappa shape index (κ3) is 6.51. The van der Waals surface area contributed by atoms with Crippen molar-refractivity contribution in [2.75, 3.05) is 6.61 Å². The van der Waals surface area contributed by atoms with Crippen molar-refractivity contribution in [3.8, 4) is 11.1 Å². The summed E-state index contributed by atoms with van der Waals surface area (Å²) in [4.78, 5) is 38.2. The van der Waals surface area contributed by atoms with Crippen molar-refractivity contribution < 1.29 is 29.0 Å². The molecule has 0 heterocycles. The fourth-order valence-corrected chi connectivity index (χ4v) is 5.23. The van der Waals surface area contributed by atoms with Gasteiger partial charge in [-0.25, -0.2) is 9.59 Å². The highest BCUT2D eigenvalue weighted by atomic mass is 16.5. The Kier molecular flexibility index (Phi) is 8.45. The van der Waals surface area contributed by atoms with E-state index in [1.807, 2.05) is 66.7 Å². The van der Waals surface area contributed by atoms with Crippen LogP contribution in [-0.2, 0) is 25.7 Å². The van der Waals surface area contributed by atoms with Crippen molar-refractivity contribution in [1.82, 2.24) is 10.6 Å². The summed E-state index contributed by atoms with van der Waals surface area (Å²) in [6, 6.07) is 23.4. The van der Waals surface area contributed by atoms with Crippen molar-refractivity contribution in [1.29, 1.82) is 0 Å². The maximum atomic E-state index is 13.3. The number of fused-ring (bicyclic) bond motifs is 3. The van der Waals surface area contributed by atoms with Gasteiger partial charge in [0.2, 0.25) is 5.91 Å². The van der Waals surface area contributed by atoms with E-state index in [0.29, 0.717) is 12.3 Å². The molecular formula is C32H34N2O6. The van der Waals surface area contributed by atoms with Gasteiger partial charge < -0.3 is 25.2 Å². The number of nitrogens with one attached hydrogen (secondary N) is 2. The van der Waals surface area contributed by atoms with Crippen LogP contribution in [0, 0.1) is 5.92 Å². The van der Waals surface area contributed by atoms with E-state index in [-0.39, 0.29) is 19.1 Å². The first-order chi connectivity index (χ1) is 19.4. The van der Waals surface area contributed by atoms with Crippen LogP contribution in [0.1, 0.15) is 48.8 Å². The predicted molar refractivity (Wildman–Crippen MR) is 150 cm³/mol. The number of hydrogen-bond donors (Lipinski definition) is 3. The minimum atomic E-state index is -1.15. The minimum absolute atomic E-state index is 0.0902. The average molecular weight is 543 g/mol. The molecule has 8 nitrogen and oxygen atoms in total. The average Bonchev–Trinajstić information content (AvgIpc) is 3.73. The van der Waals surface area contributed by atoms with Crippen molar-refractivity contribution in [2.24, 2.45) is 5.92 Å². The lowest BCUT2D eigenvalue weighted by Gasteiger charge is -2.26. The number of hydrogen-bond acceptors (Lipinski definition) is 5. The van der Waals surface area contributed by atoms with Crippen LogP contribution in [0.3, 0.4) is 0 Å². The van der Waals surface area contributed by atoms with Crippen LogP contribution >= 0.6 is 0 Å². The van der Waals surface area contributed by atoms with Crippen LogP contribution in [0.15, 0.2) is 78.9 Å². The number of carbonyl (C=O) groups excluding carboxylic acids is 2. The number of carboxylic acids is 1. The van der Waals surface area contributed by atoms with Gasteiger partial charge in [0.05, 0.1) is 12.7 Å². The van der Waals surface area contributed by atoms with Gasteiger partial charge in [0.1, 0.15) is 18.7 Å². The molecule has 208 valence electrons. The Balaban J connectivity index is 1.26. The molecule has 0 bridgehead atoms. The summed E-state index contributed by atoms with van der Waals surface area (Å²) in [5.74, 6) is -1.56. The zero-order chi connectivity index (χ0) is 28.1. The van der Waals surface area contributed by atoms with E-state index in [1.165, 1.54) is 0 Å². The molecule has 0 radical (unpaired) electrons. The molecule has 3 atom stereocenters. The monoisotopic (exact) mass is 542 g/mol. The van der Waals surface area contributed by atoms with Crippen LogP contribution in [0.2, 0.25) is 0 Å². The number of rotatable bonds is 12. The number of alkyl carbamates (subject to hydrolysis) is 1. The summed E-state index contributed by atoms with van der Waals surface area (Å²) in [7, 11) is 0. The second-order valence-electron chi connectivity index (χ2n) is 10.5. The van der Waals surface area contributed by atoms with Crippen molar-refractivity contribution >= 4 is 18.0 Å². The molecule has 2 aliphatic rings. The second kappa shape index (κ2) is 12.3. The standard InChI is InChI=1S/C32H34N2O6/c1-20(39-18-22-9-3-2-4-10-22)29(30(35)33-28(31(36)37)17-21-15-16-21)34-32(38)40-19-27-25-13-7-5-11-23(25)24-12-6-8-14-26(24)27/h2-14,20-21,27-29H,15-19H2,1H3,(H,33,35)(H,34,38)(H,36,37)/t20?,28-,29?/m0/s1. The van der Waals surface area contributed by atoms with E-state index in [9.17, 15) is 19.5 Å². The van der Waals surface area contributed by atoms with Crippen LogP contribution in [0.4, 0.5) is 4.79 Å². The van der Waals surface area contributed by atoms with E-state index in [1.54, 1.807) is 6.92 Å². The van der Waals surface area contributed by atoms with E-state index in [4.69, 9.17) is 9.47 Å². The highest BCUT2D eigenvalue weighted by molar-refractivity contribution is 5.89. The summed E-state index contributed by atoms with van der Waals surface area (Å²) in [5.41, 5.74) is 5.29. The Morgan fingerprint density at radius 2 is 1.48 bits per heavy atom. The molecule has 3 aromatic carbocycles. The molecule has 5 rings (SSSR count). The van der Waals surface area contributed by atoms with Gasteiger partial charge >= 0.3 is 12.1 Å². The van der Waals surface area contributed by atoms with Crippen LogP contribution < -0.4 is 10.6 Å². The summed E-state index contributed by atoms with van der Waals surface area (Å²) in [6.07, 6.45) is 0.746. The van der Waals surface area contributed by atoms with Crippen molar-refractivity contribution in [2.45, 2.75) is 56.9 Å². The topological polar surface area (TPSA) is 114 Å². The van der Waals surface area contributed by atoms with Gasteiger partial charge in [-0.3, -0.25) is 4.79 Å². The molecule has 1 saturated carbocycles. The van der Waals surface area contributed by atoms with Crippen LogP contribution in [0.5, 0.6) is 0 Å². The third-order valence-corrected chi connectivity index (χ3v) is 7.61. The van der Waals surface area contributed by atoms with E-state index < -0.39 is 36.2 Å². The lowest BCUT2D eigenvalue weighted by Crippen LogP contribution is -2.56. The summed E-state index contributed by atoms with van der Waals surface area (Å²) < 4.78 is 11.6. The first-order valence-electron chi connectivity index (χ1n) is 13.7. The lowest BCUT2D eigenvalue weighted by molar-refractivity contribution is -0.143. The zero-order valence-corrected chi connectivity index (χ0v) is 22.4. The fourth-order valence-electron chi connectivity index (χ4n) is 5.23. The maximum Gasteiger partial charge on any atom is 0.407 e. The van der Waals surface area contributed by atoms with Crippen molar-refractivity contribution in [3.05, 3.63) is 95.6 Å². The Hall–Kier alpha value is -4.17. The molecule has 0 spiro atoms.